The molecule has 3 unspecified atom stereocenters. The summed E-state index contributed by atoms with van der Waals surface area (Å²) in [5.41, 5.74) is 5.79. The quantitative estimate of drug-likeness (QED) is 0.697. The van der Waals surface area contributed by atoms with E-state index in [1.165, 1.54) is 6.42 Å². The van der Waals surface area contributed by atoms with E-state index in [0.29, 0.717) is 5.92 Å². The van der Waals surface area contributed by atoms with Crippen LogP contribution in [0.25, 0.3) is 0 Å². The van der Waals surface area contributed by atoms with Crippen LogP contribution in [-0.4, -0.2) is 24.8 Å². The lowest BCUT2D eigenvalue weighted by atomic mass is 9.77. The zero-order valence-electron chi connectivity index (χ0n) is 8.52. The molecule has 0 spiro atoms. The zero-order chi connectivity index (χ0) is 10.8. The lowest BCUT2D eigenvalue weighted by molar-refractivity contribution is 0.225. The van der Waals surface area contributed by atoms with Crippen molar-refractivity contribution in [2.75, 3.05) is 5.75 Å². The Hall–Kier alpha value is -0.130. The van der Waals surface area contributed by atoms with Crippen molar-refractivity contribution in [3.63, 3.8) is 0 Å². The molecule has 84 valence electrons. The smallest absolute Gasteiger partial charge is 0.266 e. The highest BCUT2D eigenvalue weighted by Gasteiger charge is 2.29. The summed E-state index contributed by atoms with van der Waals surface area (Å²) in [5, 5.41) is 0. The molecule has 0 bridgehead atoms. The minimum absolute atomic E-state index is 0.241. The monoisotopic (exact) mass is 221 g/mol. The van der Waals surface area contributed by atoms with E-state index in [-0.39, 0.29) is 11.7 Å². The topological polar surface area (TPSA) is 80.4 Å². The van der Waals surface area contributed by atoms with Crippen molar-refractivity contribution in [3.05, 3.63) is 0 Å². The second kappa shape index (κ2) is 4.59. The van der Waals surface area contributed by atoms with Gasteiger partial charge >= 0.3 is 0 Å². The molecule has 1 fully saturated rings. The average Bonchev–Trinajstić information content (AvgIpc) is 2.01. The summed E-state index contributed by atoms with van der Waals surface area (Å²) in [4.78, 5) is 0. The first-order valence-electron chi connectivity index (χ1n) is 5.11. The van der Waals surface area contributed by atoms with Crippen molar-refractivity contribution in [2.45, 2.75) is 38.6 Å². The minimum atomic E-state index is -3.92. The minimum Gasteiger partial charge on any atom is -0.326 e. The Morgan fingerprint density at radius 1 is 1.43 bits per heavy atom. The normalized spacial score (nSPS) is 31.4. The van der Waals surface area contributed by atoms with Crippen LogP contribution >= 0.6 is 0 Å². The van der Waals surface area contributed by atoms with E-state index in [0.717, 1.165) is 19.3 Å². The highest BCUT2D eigenvalue weighted by molar-refractivity contribution is 7.85. The van der Waals surface area contributed by atoms with Crippen LogP contribution in [0.15, 0.2) is 0 Å². The Bertz CT molecular complexity index is 276. The molecular weight excluding hydrogens is 202 g/mol. The van der Waals surface area contributed by atoms with Gasteiger partial charge in [0.2, 0.25) is 0 Å². The van der Waals surface area contributed by atoms with Gasteiger partial charge in [-0.15, -0.1) is 0 Å². The number of hydrogen-bond acceptors (Lipinski definition) is 3. The zero-order valence-corrected chi connectivity index (χ0v) is 9.33. The molecule has 0 aromatic heterocycles. The molecule has 0 aromatic rings. The van der Waals surface area contributed by atoms with Gasteiger partial charge in [0.05, 0.1) is 5.75 Å². The van der Waals surface area contributed by atoms with Crippen molar-refractivity contribution in [1.29, 1.82) is 0 Å². The van der Waals surface area contributed by atoms with Gasteiger partial charge in [-0.25, -0.2) is 0 Å². The molecule has 5 heteroatoms. The maximum atomic E-state index is 10.7. The van der Waals surface area contributed by atoms with Gasteiger partial charge in [-0.05, 0) is 18.3 Å². The van der Waals surface area contributed by atoms with Crippen LogP contribution in [0.1, 0.15) is 32.6 Å². The lowest BCUT2D eigenvalue weighted by Gasteiger charge is -2.32. The summed E-state index contributed by atoms with van der Waals surface area (Å²) < 4.78 is 30.0. The molecule has 0 heterocycles. The van der Waals surface area contributed by atoms with E-state index in [4.69, 9.17) is 10.3 Å². The van der Waals surface area contributed by atoms with Gasteiger partial charge in [-0.2, -0.15) is 8.42 Å². The molecule has 0 aliphatic heterocycles. The van der Waals surface area contributed by atoms with Crippen LogP contribution in [0.2, 0.25) is 0 Å². The lowest BCUT2D eigenvalue weighted by Crippen LogP contribution is -2.41. The van der Waals surface area contributed by atoms with Crippen molar-refractivity contribution in [1.82, 2.24) is 0 Å². The molecule has 1 aliphatic rings. The third-order valence-corrected chi connectivity index (χ3v) is 3.94. The van der Waals surface area contributed by atoms with Gasteiger partial charge < -0.3 is 5.73 Å². The average molecular weight is 221 g/mol. The molecule has 3 atom stereocenters. The third-order valence-electron chi connectivity index (χ3n) is 3.13. The highest BCUT2D eigenvalue weighted by atomic mass is 32.2. The fourth-order valence-electron chi connectivity index (χ4n) is 2.35. The van der Waals surface area contributed by atoms with Gasteiger partial charge in [0, 0.05) is 6.04 Å². The molecule has 1 aliphatic carbocycles. The predicted molar refractivity (Wildman–Crippen MR) is 55.5 cm³/mol. The first-order chi connectivity index (χ1) is 6.40. The first-order valence-corrected chi connectivity index (χ1v) is 6.72. The van der Waals surface area contributed by atoms with E-state index >= 15 is 0 Å². The fraction of sp³-hybridized carbons (Fsp3) is 1.00. The van der Waals surface area contributed by atoms with E-state index in [9.17, 15) is 8.42 Å². The summed E-state index contributed by atoms with van der Waals surface area (Å²) in [7, 11) is -3.92. The number of rotatable bonds is 3. The Balaban J connectivity index is 2.54. The molecule has 3 N–H and O–H groups in total. The third kappa shape index (κ3) is 3.55. The second-order valence-corrected chi connectivity index (χ2v) is 5.84. The van der Waals surface area contributed by atoms with Crippen LogP contribution in [0.5, 0.6) is 0 Å². The molecule has 14 heavy (non-hydrogen) atoms. The van der Waals surface area contributed by atoms with Crippen molar-refractivity contribution >= 4 is 10.1 Å². The predicted octanol–water partition coefficient (Wildman–Crippen LogP) is 1.03. The molecule has 0 amide bonds. The molecule has 1 saturated carbocycles. The van der Waals surface area contributed by atoms with Crippen molar-refractivity contribution in [3.8, 4) is 0 Å². The van der Waals surface area contributed by atoms with E-state index < -0.39 is 16.2 Å². The van der Waals surface area contributed by atoms with Gasteiger partial charge in [0.1, 0.15) is 0 Å². The molecule has 0 saturated heterocycles. The highest BCUT2D eigenvalue weighted by Crippen LogP contribution is 2.31. The summed E-state index contributed by atoms with van der Waals surface area (Å²) >= 11 is 0. The Morgan fingerprint density at radius 2 is 2.00 bits per heavy atom. The van der Waals surface area contributed by atoms with Crippen LogP contribution in [0, 0.1) is 11.8 Å². The van der Waals surface area contributed by atoms with Gasteiger partial charge in [-0.3, -0.25) is 4.55 Å². The summed E-state index contributed by atoms with van der Waals surface area (Å²) in [6.45, 7) is 2.10. The van der Waals surface area contributed by atoms with Gasteiger partial charge in [0.15, 0.2) is 0 Å². The van der Waals surface area contributed by atoms with Crippen LogP contribution in [0.4, 0.5) is 0 Å². The Labute approximate surface area is 85.6 Å². The van der Waals surface area contributed by atoms with E-state index in [1.54, 1.807) is 0 Å². The second-order valence-electron chi connectivity index (χ2n) is 4.34. The van der Waals surface area contributed by atoms with Crippen LogP contribution in [-0.2, 0) is 10.1 Å². The van der Waals surface area contributed by atoms with Crippen LogP contribution in [0.3, 0.4) is 0 Å². The van der Waals surface area contributed by atoms with E-state index in [1.807, 2.05) is 0 Å². The van der Waals surface area contributed by atoms with Crippen molar-refractivity contribution in [2.24, 2.45) is 17.6 Å². The maximum absolute atomic E-state index is 10.7. The first kappa shape index (κ1) is 11.9. The van der Waals surface area contributed by atoms with Crippen LogP contribution < -0.4 is 5.73 Å². The molecule has 0 radical (unpaired) electrons. The van der Waals surface area contributed by atoms with E-state index in [2.05, 4.69) is 6.92 Å². The summed E-state index contributed by atoms with van der Waals surface area (Å²) in [6, 6.07) is -0.416. The Kier molecular flexibility index (Phi) is 3.92. The molecular formula is C9H19NO3S. The molecule has 1 rings (SSSR count). The summed E-state index contributed by atoms with van der Waals surface area (Å²) in [6.07, 6.45) is 4.42. The number of nitrogens with two attached hydrogens (primary N) is 1. The fourth-order valence-corrected chi connectivity index (χ4v) is 3.08. The number of hydrogen-bond donors (Lipinski definition) is 2. The summed E-state index contributed by atoms with van der Waals surface area (Å²) in [5.74, 6) is 0.410. The maximum Gasteiger partial charge on any atom is 0.266 e. The van der Waals surface area contributed by atoms with Gasteiger partial charge in [0.25, 0.3) is 10.1 Å². The molecule has 4 nitrogen and oxygen atoms in total. The van der Waals surface area contributed by atoms with Crippen molar-refractivity contribution < 1.29 is 13.0 Å². The molecule has 0 aromatic carbocycles. The largest absolute Gasteiger partial charge is 0.326 e. The Morgan fingerprint density at radius 3 is 2.50 bits per heavy atom. The SMILES string of the molecule is CC1CCCCC1C(N)CS(=O)(=O)O. The standard InChI is InChI=1S/C9H19NO3S/c1-7-4-2-3-5-8(7)9(10)6-14(11,12)13/h7-9H,2-6,10H2,1H3,(H,11,12,13). The van der Waals surface area contributed by atoms with Gasteiger partial charge in [-0.1, -0.05) is 26.2 Å².